The Bertz CT molecular complexity index is 1360. The van der Waals surface area contributed by atoms with Crippen molar-refractivity contribution in [3.8, 4) is 0 Å². The van der Waals surface area contributed by atoms with E-state index in [9.17, 15) is 39.6 Å². The topological polar surface area (TPSA) is 66.5 Å². The van der Waals surface area contributed by atoms with E-state index in [2.05, 4.69) is 0 Å². The fourth-order valence-electron chi connectivity index (χ4n) is 3.21. The van der Waals surface area contributed by atoms with Gasteiger partial charge in [0, 0.05) is 22.3 Å². The molecule has 198 valence electrons. The van der Waals surface area contributed by atoms with Gasteiger partial charge in [0.1, 0.15) is 0 Å². The van der Waals surface area contributed by atoms with Gasteiger partial charge in [0.15, 0.2) is 0 Å². The fraction of sp³-hybridized carbons (Fsp3) is 0.174. The second-order valence-corrected chi connectivity index (χ2v) is 10.5. The molecule has 0 aliphatic heterocycles. The summed E-state index contributed by atoms with van der Waals surface area (Å²) in [7, 11) is -4.37. The minimum absolute atomic E-state index is 0.0912. The lowest BCUT2D eigenvalue weighted by atomic mass is 10.1. The maximum atomic E-state index is 13.3. The Kier molecular flexibility index (Phi) is 8.47. The smallest absolute Gasteiger partial charge is 0.325 e. The van der Waals surface area contributed by atoms with Gasteiger partial charge in [0.05, 0.1) is 22.6 Å². The normalized spacial score (nSPS) is 12.6. The van der Waals surface area contributed by atoms with E-state index in [1.54, 1.807) is 0 Å². The van der Waals surface area contributed by atoms with Crippen LogP contribution in [0.3, 0.4) is 0 Å². The fourth-order valence-corrected chi connectivity index (χ4v) is 4.93. The molecule has 37 heavy (non-hydrogen) atoms. The molecule has 1 N–H and O–H groups in total. The van der Waals surface area contributed by atoms with Crippen LogP contribution in [0, 0.1) is 0 Å². The van der Waals surface area contributed by atoms with Crippen LogP contribution in [0.4, 0.5) is 32.0 Å². The highest BCUT2D eigenvalue weighted by atomic mass is 35.5. The quantitative estimate of drug-likeness (QED) is 0.308. The number of alkyl halides is 6. The Hall–Kier alpha value is -2.80. The first-order chi connectivity index (χ1) is 17.1. The second kappa shape index (κ2) is 10.9. The van der Waals surface area contributed by atoms with Crippen LogP contribution in [0.5, 0.6) is 0 Å². The summed E-state index contributed by atoms with van der Waals surface area (Å²) in [6.45, 7) is -1.32. The molecule has 0 atom stereocenters. The van der Waals surface area contributed by atoms with E-state index >= 15 is 0 Å². The number of nitrogens with zero attached hydrogens (tertiary/aromatic N) is 1. The number of hydrogen-bond donors (Lipinski definition) is 1. The van der Waals surface area contributed by atoms with Crippen molar-refractivity contribution in [3.63, 3.8) is 0 Å². The Labute approximate surface area is 217 Å². The molecule has 0 aliphatic rings. The van der Waals surface area contributed by atoms with Crippen molar-refractivity contribution in [1.29, 1.82) is 0 Å². The Balaban J connectivity index is 1.95. The average Bonchev–Trinajstić information content (AvgIpc) is 2.77. The Morgan fingerprint density at radius 1 is 0.811 bits per heavy atom. The first-order valence-electron chi connectivity index (χ1n) is 10.2. The van der Waals surface area contributed by atoms with Crippen LogP contribution in [0.25, 0.3) is 0 Å². The number of rotatable bonds is 7. The van der Waals surface area contributed by atoms with E-state index in [0.717, 1.165) is 0 Å². The number of benzene rings is 3. The van der Waals surface area contributed by atoms with Crippen molar-refractivity contribution in [2.45, 2.75) is 23.8 Å². The molecule has 5 nitrogen and oxygen atoms in total. The number of carbonyl (C=O) groups is 1. The largest absolute Gasteiger partial charge is 0.416 e. The van der Waals surface area contributed by atoms with Gasteiger partial charge in [-0.05, 0) is 60.2 Å². The molecular weight excluding hydrogens is 569 g/mol. The predicted molar refractivity (Wildman–Crippen MR) is 126 cm³/mol. The summed E-state index contributed by atoms with van der Waals surface area (Å²) in [4.78, 5) is 12.5. The zero-order chi connectivity index (χ0) is 27.6. The van der Waals surface area contributed by atoms with Gasteiger partial charge in [-0.1, -0.05) is 35.3 Å². The van der Waals surface area contributed by atoms with Crippen molar-refractivity contribution < 1.29 is 39.6 Å². The summed E-state index contributed by atoms with van der Waals surface area (Å²) in [6, 6.07) is 11.5. The highest BCUT2D eigenvalue weighted by Gasteiger charge is 2.37. The Morgan fingerprint density at radius 2 is 1.38 bits per heavy atom. The lowest BCUT2D eigenvalue weighted by Crippen LogP contribution is -2.37. The van der Waals surface area contributed by atoms with Crippen molar-refractivity contribution >= 4 is 44.8 Å². The molecule has 0 spiro atoms. The van der Waals surface area contributed by atoms with Crippen LogP contribution in [0.2, 0.25) is 10.0 Å². The van der Waals surface area contributed by atoms with Gasteiger partial charge in [0.25, 0.3) is 0 Å². The lowest BCUT2D eigenvalue weighted by Gasteiger charge is -2.22. The average molecular weight is 585 g/mol. The third kappa shape index (κ3) is 7.60. The van der Waals surface area contributed by atoms with E-state index in [0.29, 0.717) is 22.0 Å². The maximum Gasteiger partial charge on any atom is 0.416 e. The first kappa shape index (κ1) is 28.8. The summed E-state index contributed by atoms with van der Waals surface area (Å²) < 4.78 is 106. The third-order valence-corrected chi connectivity index (χ3v) is 7.18. The van der Waals surface area contributed by atoms with Gasteiger partial charge in [-0.15, -0.1) is 0 Å². The van der Waals surface area contributed by atoms with E-state index in [1.807, 2.05) is 5.32 Å². The number of amides is 1. The van der Waals surface area contributed by atoms with Crippen molar-refractivity contribution in [3.05, 3.63) is 93.5 Å². The molecule has 0 radical (unpaired) electrons. The highest BCUT2D eigenvalue weighted by Crippen LogP contribution is 2.37. The summed E-state index contributed by atoms with van der Waals surface area (Å²) in [6.07, 6.45) is -10.3. The van der Waals surface area contributed by atoms with E-state index in [4.69, 9.17) is 23.2 Å². The first-order valence-corrected chi connectivity index (χ1v) is 12.3. The van der Waals surface area contributed by atoms with Gasteiger partial charge in [-0.25, -0.2) is 8.42 Å². The SMILES string of the molecule is O=C(CN(Cc1cccc(Cl)c1)S(=O)(=O)c1ccc(Cl)cc1)Nc1cc(C(F)(F)F)cc(C(F)(F)F)c1. The minimum atomic E-state index is -5.13. The molecule has 3 rings (SSSR count). The van der Waals surface area contributed by atoms with Gasteiger partial charge in [-0.3, -0.25) is 4.79 Å². The van der Waals surface area contributed by atoms with Gasteiger partial charge in [0.2, 0.25) is 15.9 Å². The van der Waals surface area contributed by atoms with E-state index < -0.39 is 51.6 Å². The summed E-state index contributed by atoms with van der Waals surface area (Å²) in [5.41, 5.74) is -3.71. The summed E-state index contributed by atoms with van der Waals surface area (Å²) in [5.74, 6) is -1.17. The van der Waals surface area contributed by atoms with Crippen LogP contribution in [0.1, 0.15) is 16.7 Å². The van der Waals surface area contributed by atoms with Gasteiger partial charge in [-0.2, -0.15) is 30.6 Å². The molecule has 0 aromatic heterocycles. The molecule has 0 unspecified atom stereocenters. The number of hydrogen-bond acceptors (Lipinski definition) is 3. The predicted octanol–water partition coefficient (Wildman–Crippen LogP) is 6.86. The molecule has 1 amide bonds. The molecule has 0 aliphatic carbocycles. The molecular formula is C23H16Cl2F6N2O3S. The van der Waals surface area contributed by atoms with Crippen LogP contribution in [0.15, 0.2) is 71.6 Å². The lowest BCUT2D eigenvalue weighted by molar-refractivity contribution is -0.143. The molecule has 0 bridgehead atoms. The molecule has 0 saturated heterocycles. The van der Waals surface area contributed by atoms with Crippen LogP contribution < -0.4 is 5.32 Å². The van der Waals surface area contributed by atoms with Crippen LogP contribution in [-0.2, 0) is 33.7 Å². The van der Waals surface area contributed by atoms with Crippen molar-refractivity contribution in [2.75, 3.05) is 11.9 Å². The standard InChI is InChI=1S/C23H16Cl2F6N2O3S/c24-17-4-6-20(7-5-17)37(35,36)33(12-14-2-1-3-18(25)8-14)13-21(34)32-19-10-15(22(26,27)28)9-16(11-19)23(29,30)31/h1-11H,12-13H2,(H,32,34). The number of halogens is 8. The van der Waals surface area contributed by atoms with E-state index in [1.165, 1.54) is 48.5 Å². The third-order valence-electron chi connectivity index (χ3n) is 4.89. The van der Waals surface area contributed by atoms with Crippen LogP contribution in [-0.4, -0.2) is 25.2 Å². The summed E-state index contributed by atoms with van der Waals surface area (Å²) in [5, 5.41) is 2.45. The maximum absolute atomic E-state index is 13.3. The van der Waals surface area contributed by atoms with Crippen molar-refractivity contribution in [1.82, 2.24) is 4.31 Å². The molecule has 3 aromatic carbocycles. The zero-order valence-electron chi connectivity index (χ0n) is 18.4. The van der Waals surface area contributed by atoms with Gasteiger partial charge < -0.3 is 5.32 Å². The number of nitrogens with one attached hydrogen (secondary N) is 1. The van der Waals surface area contributed by atoms with Gasteiger partial charge >= 0.3 is 12.4 Å². The minimum Gasteiger partial charge on any atom is -0.325 e. The zero-order valence-corrected chi connectivity index (χ0v) is 20.7. The molecule has 3 aromatic rings. The number of carbonyl (C=O) groups excluding carboxylic acids is 1. The van der Waals surface area contributed by atoms with Crippen LogP contribution >= 0.6 is 23.2 Å². The highest BCUT2D eigenvalue weighted by molar-refractivity contribution is 7.89. The van der Waals surface area contributed by atoms with E-state index in [-0.39, 0.29) is 27.6 Å². The van der Waals surface area contributed by atoms with Crippen molar-refractivity contribution in [2.24, 2.45) is 0 Å². The number of sulfonamides is 1. The molecule has 0 heterocycles. The summed E-state index contributed by atoms with van der Waals surface area (Å²) >= 11 is 11.8. The Morgan fingerprint density at radius 3 is 1.89 bits per heavy atom. The molecule has 14 heteroatoms. The monoisotopic (exact) mass is 584 g/mol. The molecule has 0 saturated carbocycles. The molecule has 0 fully saturated rings. The second-order valence-electron chi connectivity index (χ2n) is 7.70. The number of anilines is 1.